The van der Waals surface area contributed by atoms with Crippen molar-refractivity contribution in [2.24, 2.45) is 0 Å². The fourth-order valence-electron chi connectivity index (χ4n) is 3.38. The molecule has 1 heterocycles. The monoisotopic (exact) mass is 224 g/mol. The molecule has 0 unspecified atom stereocenters. The molecule has 1 rings (SSSR count). The van der Waals surface area contributed by atoms with Crippen molar-refractivity contribution < 1.29 is 0 Å². The molecule has 0 N–H and O–H groups in total. The van der Waals surface area contributed by atoms with Crippen LogP contribution in [0, 0.1) is 0 Å². The third-order valence-corrected chi connectivity index (χ3v) is 10.4. The minimum absolute atomic E-state index is 0.742. The zero-order valence-corrected chi connectivity index (χ0v) is 11.9. The first kappa shape index (κ1) is 12.5. The van der Waals surface area contributed by atoms with Gasteiger partial charge in [-0.1, -0.05) is 41.5 Å². The molecule has 0 radical (unpaired) electrons. The van der Waals surface area contributed by atoms with Crippen molar-refractivity contribution in [2.75, 3.05) is 0 Å². The molecule has 0 amide bonds. The van der Waals surface area contributed by atoms with Crippen LogP contribution in [0.2, 0.25) is 16.6 Å². The second-order valence-corrected chi connectivity index (χ2v) is 11.1. The lowest BCUT2D eigenvalue weighted by Crippen LogP contribution is -2.51. The molecule has 1 aromatic heterocycles. The first-order valence-corrected chi connectivity index (χ1v) is 8.10. The first-order chi connectivity index (χ1) is 6.94. The quantitative estimate of drug-likeness (QED) is 0.709. The Hall–Kier alpha value is -0.573. The lowest BCUT2D eigenvalue weighted by atomic mass is 10.5. The van der Waals surface area contributed by atoms with Crippen molar-refractivity contribution in [3.8, 4) is 0 Å². The molecule has 3 heteroatoms. The van der Waals surface area contributed by atoms with Crippen LogP contribution in [0.15, 0.2) is 18.7 Å². The Morgan fingerprint density at radius 1 is 0.933 bits per heavy atom. The standard InChI is InChI=1S/C12H24N2Si/c1-10(2)15(11(3)4,12(5)6)14-8-7-13-9-14/h7-12H,1-6H3. The average molecular weight is 224 g/mol. The third-order valence-electron chi connectivity index (χ3n) is 3.73. The summed E-state index contributed by atoms with van der Waals surface area (Å²) in [5, 5.41) is 0. The zero-order valence-electron chi connectivity index (χ0n) is 10.9. The van der Waals surface area contributed by atoms with Crippen LogP contribution in [-0.4, -0.2) is 17.5 Å². The lowest BCUT2D eigenvalue weighted by Gasteiger charge is -2.43. The molecular formula is C12H24N2Si. The van der Waals surface area contributed by atoms with Crippen molar-refractivity contribution >= 4 is 8.24 Å². The van der Waals surface area contributed by atoms with E-state index in [0.717, 1.165) is 16.6 Å². The molecule has 0 spiro atoms. The van der Waals surface area contributed by atoms with Crippen molar-refractivity contribution in [3.63, 3.8) is 0 Å². The Bertz CT molecular complexity index is 267. The minimum Gasteiger partial charge on any atom is -0.364 e. The molecule has 0 atom stereocenters. The van der Waals surface area contributed by atoms with Gasteiger partial charge in [-0.3, -0.25) is 0 Å². The molecular weight excluding hydrogens is 200 g/mol. The predicted octanol–water partition coefficient (Wildman–Crippen LogP) is 3.91. The van der Waals surface area contributed by atoms with Gasteiger partial charge in [-0.2, -0.15) is 0 Å². The number of hydrogen-bond acceptors (Lipinski definition) is 1. The van der Waals surface area contributed by atoms with Gasteiger partial charge < -0.3 is 4.23 Å². The van der Waals surface area contributed by atoms with E-state index in [4.69, 9.17) is 0 Å². The fourth-order valence-corrected chi connectivity index (χ4v) is 9.76. The maximum absolute atomic E-state index is 4.23. The maximum atomic E-state index is 4.23. The number of hydrogen-bond donors (Lipinski definition) is 0. The smallest absolute Gasteiger partial charge is 0.170 e. The van der Waals surface area contributed by atoms with Crippen LogP contribution in [0.4, 0.5) is 0 Å². The van der Waals surface area contributed by atoms with Gasteiger partial charge >= 0.3 is 0 Å². The molecule has 0 saturated heterocycles. The lowest BCUT2D eigenvalue weighted by molar-refractivity contribution is 0.763. The van der Waals surface area contributed by atoms with Gasteiger partial charge in [0, 0.05) is 12.4 Å². The van der Waals surface area contributed by atoms with E-state index >= 15 is 0 Å². The molecule has 0 aromatic carbocycles. The van der Waals surface area contributed by atoms with E-state index < -0.39 is 8.24 Å². The van der Waals surface area contributed by atoms with Crippen molar-refractivity contribution in [2.45, 2.75) is 58.2 Å². The van der Waals surface area contributed by atoms with Gasteiger partial charge in [0.25, 0.3) is 0 Å². The summed E-state index contributed by atoms with van der Waals surface area (Å²) in [7, 11) is -1.50. The van der Waals surface area contributed by atoms with Crippen LogP contribution in [0.3, 0.4) is 0 Å². The van der Waals surface area contributed by atoms with E-state index in [0.29, 0.717) is 0 Å². The van der Waals surface area contributed by atoms with E-state index in [2.05, 4.69) is 57.0 Å². The topological polar surface area (TPSA) is 17.8 Å². The van der Waals surface area contributed by atoms with E-state index in [-0.39, 0.29) is 0 Å². The summed E-state index contributed by atoms with van der Waals surface area (Å²) < 4.78 is 2.44. The van der Waals surface area contributed by atoms with E-state index in [1.54, 1.807) is 0 Å². The largest absolute Gasteiger partial charge is 0.364 e. The minimum atomic E-state index is -1.50. The van der Waals surface area contributed by atoms with Gasteiger partial charge in [-0.25, -0.2) is 4.98 Å². The van der Waals surface area contributed by atoms with Crippen LogP contribution < -0.4 is 0 Å². The fraction of sp³-hybridized carbons (Fsp3) is 0.750. The molecule has 0 aliphatic carbocycles. The van der Waals surface area contributed by atoms with Crippen molar-refractivity contribution in [1.29, 1.82) is 0 Å². The Morgan fingerprint density at radius 3 is 1.67 bits per heavy atom. The van der Waals surface area contributed by atoms with Gasteiger partial charge in [0.05, 0.1) is 6.33 Å². The number of imidazole rings is 1. The summed E-state index contributed by atoms with van der Waals surface area (Å²) in [5.74, 6) is 0. The second-order valence-electron chi connectivity index (χ2n) is 5.32. The predicted molar refractivity (Wildman–Crippen MR) is 68.7 cm³/mol. The van der Waals surface area contributed by atoms with Crippen LogP contribution >= 0.6 is 0 Å². The summed E-state index contributed by atoms with van der Waals surface area (Å²) in [6.45, 7) is 14.2. The molecule has 0 aliphatic rings. The Kier molecular flexibility index (Phi) is 3.76. The molecule has 0 fully saturated rings. The van der Waals surface area contributed by atoms with Crippen LogP contribution in [-0.2, 0) is 0 Å². The average Bonchev–Trinajstić information content (AvgIpc) is 2.55. The highest BCUT2D eigenvalue weighted by Gasteiger charge is 2.44. The van der Waals surface area contributed by atoms with Gasteiger partial charge in [0.2, 0.25) is 0 Å². The van der Waals surface area contributed by atoms with Gasteiger partial charge in [0.1, 0.15) is 0 Å². The second kappa shape index (κ2) is 4.52. The Morgan fingerprint density at radius 2 is 1.40 bits per heavy atom. The number of rotatable bonds is 4. The molecule has 0 aliphatic heterocycles. The van der Waals surface area contributed by atoms with E-state index in [1.807, 2.05) is 12.5 Å². The molecule has 0 bridgehead atoms. The molecule has 15 heavy (non-hydrogen) atoms. The van der Waals surface area contributed by atoms with Crippen molar-refractivity contribution in [3.05, 3.63) is 18.7 Å². The molecule has 1 aromatic rings. The third kappa shape index (κ3) is 1.89. The van der Waals surface area contributed by atoms with Gasteiger partial charge in [-0.15, -0.1) is 0 Å². The summed E-state index contributed by atoms with van der Waals surface area (Å²) in [5.41, 5.74) is 2.23. The Labute approximate surface area is 94.8 Å². The number of nitrogens with zero attached hydrogens (tertiary/aromatic N) is 2. The molecule has 86 valence electrons. The van der Waals surface area contributed by atoms with Gasteiger partial charge in [-0.05, 0) is 16.6 Å². The van der Waals surface area contributed by atoms with Crippen molar-refractivity contribution in [1.82, 2.24) is 9.22 Å². The summed E-state index contributed by atoms with van der Waals surface area (Å²) in [4.78, 5) is 4.23. The summed E-state index contributed by atoms with van der Waals surface area (Å²) >= 11 is 0. The normalized spacial score (nSPS) is 13.1. The molecule has 0 saturated carbocycles. The van der Waals surface area contributed by atoms with Gasteiger partial charge in [0.15, 0.2) is 8.24 Å². The van der Waals surface area contributed by atoms with E-state index in [1.165, 1.54) is 0 Å². The van der Waals surface area contributed by atoms with Crippen LogP contribution in [0.25, 0.3) is 0 Å². The molecule has 2 nitrogen and oxygen atoms in total. The maximum Gasteiger partial charge on any atom is 0.170 e. The SMILES string of the molecule is CC(C)[Si](C(C)C)(C(C)C)n1ccnc1. The number of aromatic nitrogens is 2. The highest BCUT2D eigenvalue weighted by molar-refractivity contribution is 6.82. The van der Waals surface area contributed by atoms with Crippen LogP contribution in [0.1, 0.15) is 41.5 Å². The highest BCUT2D eigenvalue weighted by atomic mass is 28.3. The zero-order chi connectivity index (χ0) is 11.6. The highest BCUT2D eigenvalue weighted by Crippen LogP contribution is 2.42. The van der Waals surface area contributed by atoms with Crippen LogP contribution in [0.5, 0.6) is 0 Å². The Balaban J connectivity index is 3.27. The van der Waals surface area contributed by atoms with E-state index in [9.17, 15) is 0 Å². The summed E-state index contributed by atoms with van der Waals surface area (Å²) in [6.07, 6.45) is 6.09. The summed E-state index contributed by atoms with van der Waals surface area (Å²) in [6, 6.07) is 0. The first-order valence-electron chi connectivity index (χ1n) is 5.92.